The summed E-state index contributed by atoms with van der Waals surface area (Å²) in [4.78, 5) is 21.2. The van der Waals surface area contributed by atoms with Gasteiger partial charge in [-0.1, -0.05) is 30.1 Å². The molecule has 8 heteroatoms. The van der Waals surface area contributed by atoms with Crippen molar-refractivity contribution in [1.82, 2.24) is 10.0 Å². The molecule has 0 aliphatic carbocycles. The predicted molar refractivity (Wildman–Crippen MR) is 92.9 cm³/mol. The van der Waals surface area contributed by atoms with Gasteiger partial charge >= 0.3 is 0 Å². The van der Waals surface area contributed by atoms with Gasteiger partial charge in [0.2, 0.25) is 18.0 Å². The molecule has 0 bridgehead atoms. The second-order valence-electron chi connectivity index (χ2n) is 5.28. The first kappa shape index (κ1) is 17.8. The zero-order valence-electron chi connectivity index (χ0n) is 13.4. The number of hydrogen-bond donors (Lipinski definition) is 0. The highest BCUT2D eigenvalue weighted by molar-refractivity contribution is 6.35. The van der Waals surface area contributed by atoms with Crippen LogP contribution in [-0.4, -0.2) is 28.8 Å². The first-order chi connectivity index (χ1) is 12.1. The van der Waals surface area contributed by atoms with Crippen LogP contribution in [-0.2, 0) is 9.63 Å². The number of hydrogen-bond acceptors (Lipinski definition) is 5. The quantitative estimate of drug-likeness (QED) is 0.763. The van der Waals surface area contributed by atoms with Crippen molar-refractivity contribution in [3.8, 4) is 17.4 Å². The standard InChI is InChI=1S/C17H16Cl2N2O4/c1-2-15(22)21-16(7-8-23-21)24-12-3-5-13(6-4-12)25-17-14(19)9-11(18)10-20-17/h3-6,9-10,16H,2,7-8H2,1H3. The van der Waals surface area contributed by atoms with E-state index in [-0.39, 0.29) is 11.8 Å². The lowest BCUT2D eigenvalue weighted by atomic mass is 10.3. The number of benzene rings is 1. The Hall–Kier alpha value is -2.02. The van der Waals surface area contributed by atoms with Gasteiger partial charge in [-0.3, -0.25) is 9.63 Å². The molecule has 1 aliphatic rings. The van der Waals surface area contributed by atoms with Crippen molar-refractivity contribution in [3.63, 3.8) is 0 Å². The molecule has 0 spiro atoms. The van der Waals surface area contributed by atoms with E-state index >= 15 is 0 Å². The normalized spacial score (nSPS) is 16.8. The molecular weight excluding hydrogens is 367 g/mol. The van der Waals surface area contributed by atoms with Gasteiger partial charge in [0.1, 0.15) is 16.5 Å². The average molecular weight is 383 g/mol. The Morgan fingerprint density at radius 1 is 1.32 bits per heavy atom. The summed E-state index contributed by atoms with van der Waals surface area (Å²) in [5.74, 6) is 1.31. The van der Waals surface area contributed by atoms with E-state index in [0.717, 1.165) is 0 Å². The minimum absolute atomic E-state index is 0.106. The predicted octanol–water partition coefficient (Wildman–Crippen LogP) is 4.46. The zero-order chi connectivity index (χ0) is 17.8. The Balaban J connectivity index is 1.65. The van der Waals surface area contributed by atoms with Crippen LogP contribution in [0.15, 0.2) is 36.5 Å². The summed E-state index contributed by atoms with van der Waals surface area (Å²) in [6.45, 7) is 2.24. The number of amides is 1. The third-order valence-electron chi connectivity index (χ3n) is 3.49. The van der Waals surface area contributed by atoms with Crippen LogP contribution in [0.2, 0.25) is 10.0 Å². The Morgan fingerprint density at radius 2 is 2.04 bits per heavy atom. The molecule has 1 amide bonds. The van der Waals surface area contributed by atoms with E-state index in [1.807, 2.05) is 0 Å². The Labute approximate surface area is 155 Å². The monoisotopic (exact) mass is 382 g/mol. The van der Waals surface area contributed by atoms with E-state index in [4.69, 9.17) is 37.5 Å². The molecule has 132 valence electrons. The number of ether oxygens (including phenoxy) is 2. The molecule has 2 heterocycles. The van der Waals surface area contributed by atoms with E-state index < -0.39 is 6.23 Å². The number of halogens is 2. The molecule has 25 heavy (non-hydrogen) atoms. The molecule has 0 saturated carbocycles. The van der Waals surface area contributed by atoms with Gasteiger partial charge in [0, 0.05) is 19.0 Å². The zero-order valence-corrected chi connectivity index (χ0v) is 15.0. The first-order valence-corrected chi connectivity index (χ1v) is 8.53. The molecule has 1 fully saturated rings. The molecule has 3 rings (SSSR count). The van der Waals surface area contributed by atoms with Gasteiger partial charge in [-0.25, -0.2) is 4.98 Å². The van der Waals surface area contributed by atoms with Crippen LogP contribution in [0.25, 0.3) is 0 Å². The second kappa shape index (κ2) is 7.91. The highest BCUT2D eigenvalue weighted by atomic mass is 35.5. The number of carbonyl (C=O) groups is 1. The van der Waals surface area contributed by atoms with Crippen molar-refractivity contribution >= 4 is 29.1 Å². The Morgan fingerprint density at radius 3 is 2.72 bits per heavy atom. The van der Waals surface area contributed by atoms with Gasteiger partial charge < -0.3 is 9.47 Å². The smallest absolute Gasteiger partial charge is 0.249 e. The molecule has 6 nitrogen and oxygen atoms in total. The summed E-state index contributed by atoms with van der Waals surface area (Å²) in [7, 11) is 0. The summed E-state index contributed by atoms with van der Waals surface area (Å²) < 4.78 is 11.4. The maximum atomic E-state index is 11.8. The molecule has 0 radical (unpaired) electrons. The summed E-state index contributed by atoms with van der Waals surface area (Å²) in [5.41, 5.74) is 0. The number of carbonyl (C=O) groups excluding carboxylic acids is 1. The lowest BCUT2D eigenvalue weighted by Crippen LogP contribution is -2.37. The molecule has 0 N–H and O–H groups in total. The van der Waals surface area contributed by atoms with Gasteiger partial charge in [0.15, 0.2) is 0 Å². The molecule has 1 saturated heterocycles. The van der Waals surface area contributed by atoms with Crippen molar-refractivity contribution in [2.75, 3.05) is 6.61 Å². The Bertz CT molecular complexity index is 755. The van der Waals surface area contributed by atoms with Gasteiger partial charge in [0.05, 0.1) is 11.6 Å². The van der Waals surface area contributed by atoms with Crippen LogP contribution in [0.3, 0.4) is 0 Å². The number of nitrogens with zero attached hydrogens (tertiary/aromatic N) is 2. The van der Waals surface area contributed by atoms with Crippen molar-refractivity contribution < 1.29 is 19.1 Å². The molecule has 1 aliphatic heterocycles. The molecule has 1 unspecified atom stereocenters. The third-order valence-corrected chi connectivity index (χ3v) is 3.97. The fourth-order valence-electron chi connectivity index (χ4n) is 2.28. The number of aromatic nitrogens is 1. The highest BCUT2D eigenvalue weighted by Gasteiger charge is 2.31. The van der Waals surface area contributed by atoms with Gasteiger partial charge in [-0.15, -0.1) is 0 Å². The summed E-state index contributed by atoms with van der Waals surface area (Å²) in [6, 6.07) is 8.49. The molecule has 2 aromatic rings. The molecule has 1 atom stereocenters. The van der Waals surface area contributed by atoms with Crippen LogP contribution in [0, 0.1) is 0 Å². The lowest BCUT2D eigenvalue weighted by Gasteiger charge is -2.22. The van der Waals surface area contributed by atoms with E-state index in [1.54, 1.807) is 37.3 Å². The SMILES string of the molecule is CCC(=O)N1OCCC1Oc1ccc(Oc2ncc(Cl)cc2Cl)cc1. The maximum absolute atomic E-state index is 11.8. The number of hydroxylamine groups is 2. The van der Waals surface area contributed by atoms with E-state index in [1.165, 1.54) is 11.3 Å². The topological polar surface area (TPSA) is 60.9 Å². The lowest BCUT2D eigenvalue weighted by molar-refractivity contribution is -0.192. The van der Waals surface area contributed by atoms with E-state index in [0.29, 0.717) is 41.0 Å². The van der Waals surface area contributed by atoms with Crippen molar-refractivity contribution in [1.29, 1.82) is 0 Å². The fraction of sp³-hybridized carbons (Fsp3) is 0.294. The fourth-order valence-corrected chi connectivity index (χ4v) is 2.70. The summed E-state index contributed by atoms with van der Waals surface area (Å²) in [5, 5.41) is 2.05. The maximum Gasteiger partial charge on any atom is 0.249 e. The van der Waals surface area contributed by atoms with Gasteiger partial charge in [0.25, 0.3) is 0 Å². The minimum Gasteiger partial charge on any atom is -0.468 e. The van der Waals surface area contributed by atoms with E-state index in [2.05, 4.69) is 4.98 Å². The van der Waals surface area contributed by atoms with E-state index in [9.17, 15) is 4.79 Å². The van der Waals surface area contributed by atoms with Crippen molar-refractivity contribution in [2.45, 2.75) is 26.0 Å². The molecule has 1 aromatic carbocycles. The van der Waals surface area contributed by atoms with Gasteiger partial charge in [-0.05, 0) is 30.3 Å². The molecular formula is C17H16Cl2N2O4. The second-order valence-corrected chi connectivity index (χ2v) is 6.13. The van der Waals surface area contributed by atoms with Crippen molar-refractivity contribution in [2.24, 2.45) is 0 Å². The Kier molecular flexibility index (Phi) is 5.63. The summed E-state index contributed by atoms with van der Waals surface area (Å²) in [6.07, 6.45) is 2.02. The first-order valence-electron chi connectivity index (χ1n) is 7.77. The number of rotatable bonds is 5. The van der Waals surface area contributed by atoms with Gasteiger partial charge in [-0.2, -0.15) is 5.06 Å². The highest BCUT2D eigenvalue weighted by Crippen LogP contribution is 2.30. The van der Waals surface area contributed by atoms with Crippen LogP contribution < -0.4 is 9.47 Å². The van der Waals surface area contributed by atoms with Crippen LogP contribution in [0.1, 0.15) is 19.8 Å². The van der Waals surface area contributed by atoms with Crippen LogP contribution in [0.5, 0.6) is 17.4 Å². The van der Waals surface area contributed by atoms with Crippen LogP contribution in [0.4, 0.5) is 0 Å². The average Bonchev–Trinajstić information content (AvgIpc) is 3.06. The molecule has 1 aromatic heterocycles. The van der Waals surface area contributed by atoms with Crippen LogP contribution >= 0.6 is 23.2 Å². The summed E-state index contributed by atoms with van der Waals surface area (Å²) >= 11 is 11.8. The minimum atomic E-state index is -0.424. The van der Waals surface area contributed by atoms with Crippen molar-refractivity contribution in [3.05, 3.63) is 46.6 Å². The largest absolute Gasteiger partial charge is 0.468 e. The number of pyridine rings is 1. The third kappa shape index (κ3) is 4.34.